The number of imidazole rings is 1. The third kappa shape index (κ3) is 6.77. The normalized spacial score (nSPS) is 19.2. The number of carboxylic acids is 1. The Morgan fingerprint density at radius 2 is 1.77 bits per heavy atom. The number of rotatable bonds is 10. The zero-order valence-electron chi connectivity index (χ0n) is 25.2. The first-order valence-corrected chi connectivity index (χ1v) is 14.7. The molecule has 1 fully saturated rings. The molecule has 0 spiro atoms. The van der Waals surface area contributed by atoms with Gasteiger partial charge in [0.1, 0.15) is 18.5 Å². The van der Waals surface area contributed by atoms with Gasteiger partial charge in [-0.1, -0.05) is 49.4 Å². The number of aliphatic carboxylic acids is 1. The smallest absolute Gasteiger partial charge is 0.414 e. The molecule has 48 heavy (non-hydrogen) atoms. The number of alkyl halides is 3. The number of ether oxygens (including phenoxy) is 1. The molecular weight excluding hydrogens is 642 g/mol. The van der Waals surface area contributed by atoms with Crippen molar-refractivity contribution < 1.29 is 51.7 Å². The number of nitrogens with one attached hydrogen (secondary N) is 1. The summed E-state index contributed by atoms with van der Waals surface area (Å²) in [5, 5.41) is 26.3. The summed E-state index contributed by atoms with van der Waals surface area (Å²) in [5.41, 5.74) is -0.964. The van der Waals surface area contributed by atoms with E-state index in [1.807, 2.05) is 13.0 Å². The number of halogens is 4. The van der Waals surface area contributed by atoms with Crippen LogP contribution in [0.25, 0.3) is 5.65 Å². The minimum atomic E-state index is -5.20. The summed E-state index contributed by atoms with van der Waals surface area (Å²) in [6.07, 6.45) is -7.26. The molecule has 1 aliphatic heterocycles. The van der Waals surface area contributed by atoms with Gasteiger partial charge < -0.3 is 20.3 Å². The molecule has 4 atom stereocenters. The van der Waals surface area contributed by atoms with Crippen LogP contribution in [0.1, 0.15) is 54.1 Å². The quantitative estimate of drug-likeness (QED) is 0.146. The summed E-state index contributed by atoms with van der Waals surface area (Å²) in [7, 11) is 0. The number of carbonyl (C=O) groups is 4. The average Bonchev–Trinajstić information content (AvgIpc) is 3.60. The maximum absolute atomic E-state index is 13.8. The Morgan fingerprint density at radius 3 is 2.35 bits per heavy atom. The number of hydrogen-bond acceptors (Lipinski definition) is 7. The summed E-state index contributed by atoms with van der Waals surface area (Å²) in [6.45, 7) is 1.82. The largest absolute Gasteiger partial charge is 0.480 e. The molecule has 5 rings (SSSR count). The van der Waals surface area contributed by atoms with Crippen molar-refractivity contribution in [2.75, 3.05) is 0 Å². The number of hydrogen-bond donors (Lipinski definition) is 3. The highest BCUT2D eigenvalue weighted by atomic mass is 19.4. The third-order valence-corrected chi connectivity index (χ3v) is 8.32. The first-order chi connectivity index (χ1) is 22.7. The van der Waals surface area contributed by atoms with E-state index in [1.165, 1.54) is 28.9 Å². The second-order valence-electron chi connectivity index (χ2n) is 11.4. The van der Waals surface area contributed by atoms with Crippen LogP contribution in [0.3, 0.4) is 0 Å². The van der Waals surface area contributed by atoms with Gasteiger partial charge in [-0.15, -0.1) is 0 Å². The standard InChI is InChI=1S/C32H29F4N5O7/c1-2-22(20-8-10-21(33)11-9-20)26(39-29(45)48-17-18-6-4-3-5-7-18)23-16-40-25(38-23)12-19(15-37-40)13-31(28(43)44)14-24(32(34,35)36)41(27(31)42)30(46)47/h3-12,15-16,22,24,26H,2,13-14,17H2,1H3,(H,39,45)(H,43,44)(H,46,47)/t22?,24-,26?,31?/m0/s1. The van der Waals surface area contributed by atoms with Crippen LogP contribution < -0.4 is 5.32 Å². The van der Waals surface area contributed by atoms with Crippen LogP contribution in [-0.4, -0.2) is 66.0 Å². The van der Waals surface area contributed by atoms with Crippen molar-refractivity contribution in [1.82, 2.24) is 24.8 Å². The lowest BCUT2D eigenvalue weighted by atomic mass is 9.79. The first-order valence-electron chi connectivity index (χ1n) is 14.7. The molecule has 2 aromatic carbocycles. The number of nitrogens with zero attached hydrogens (tertiary/aromatic N) is 4. The number of carbonyl (C=O) groups excluding carboxylic acids is 2. The number of carboxylic acid groups (broad SMARTS) is 2. The number of amides is 3. The van der Waals surface area contributed by atoms with Gasteiger partial charge in [-0.25, -0.2) is 28.4 Å². The fourth-order valence-electron chi connectivity index (χ4n) is 5.94. The van der Waals surface area contributed by atoms with Crippen LogP contribution in [0.4, 0.5) is 27.2 Å². The third-order valence-electron chi connectivity index (χ3n) is 8.32. The Morgan fingerprint density at radius 1 is 1.08 bits per heavy atom. The molecule has 0 saturated carbocycles. The van der Waals surface area contributed by atoms with E-state index in [0.717, 1.165) is 11.8 Å². The van der Waals surface area contributed by atoms with Gasteiger partial charge in [-0.05, 0) is 47.7 Å². The molecular formula is C32H29F4N5O7. The minimum Gasteiger partial charge on any atom is -0.480 e. The van der Waals surface area contributed by atoms with Crippen molar-refractivity contribution in [2.45, 2.75) is 57.0 Å². The van der Waals surface area contributed by atoms with Gasteiger partial charge in [0, 0.05) is 12.3 Å². The van der Waals surface area contributed by atoms with E-state index in [0.29, 0.717) is 12.0 Å². The van der Waals surface area contributed by atoms with Gasteiger partial charge in [0.15, 0.2) is 11.1 Å². The predicted molar refractivity (Wildman–Crippen MR) is 158 cm³/mol. The second kappa shape index (κ2) is 13.3. The zero-order chi connectivity index (χ0) is 34.8. The van der Waals surface area contributed by atoms with Gasteiger partial charge in [0.2, 0.25) is 5.91 Å². The van der Waals surface area contributed by atoms with Crippen molar-refractivity contribution >= 4 is 29.7 Å². The van der Waals surface area contributed by atoms with Crippen molar-refractivity contribution in [1.29, 1.82) is 0 Å². The van der Waals surface area contributed by atoms with E-state index in [4.69, 9.17) is 4.74 Å². The Labute approximate surface area is 269 Å². The van der Waals surface area contributed by atoms with Crippen LogP contribution >= 0.6 is 0 Å². The maximum atomic E-state index is 13.8. The van der Waals surface area contributed by atoms with Crippen molar-refractivity contribution in [2.24, 2.45) is 5.41 Å². The molecule has 1 aliphatic rings. The minimum absolute atomic E-state index is 0.000851. The van der Waals surface area contributed by atoms with Crippen LogP contribution in [-0.2, 0) is 27.4 Å². The molecule has 1 saturated heterocycles. The summed E-state index contributed by atoms with van der Waals surface area (Å²) in [4.78, 5) is 54.0. The molecule has 3 N–H and O–H groups in total. The summed E-state index contributed by atoms with van der Waals surface area (Å²) < 4.78 is 61.6. The van der Waals surface area contributed by atoms with Gasteiger partial charge in [-0.2, -0.15) is 18.3 Å². The van der Waals surface area contributed by atoms with Crippen LogP contribution in [0.5, 0.6) is 0 Å². The van der Waals surface area contributed by atoms with Crippen molar-refractivity contribution in [3.8, 4) is 0 Å². The highest BCUT2D eigenvalue weighted by Gasteiger charge is 2.65. The first kappa shape index (κ1) is 33.8. The molecule has 12 nitrogen and oxygen atoms in total. The highest BCUT2D eigenvalue weighted by molar-refractivity contribution is 6.09. The Bertz CT molecular complexity index is 1830. The number of fused-ring (bicyclic) bond motifs is 1. The molecule has 0 aliphatic carbocycles. The van der Waals surface area contributed by atoms with E-state index in [9.17, 15) is 47.0 Å². The fraction of sp³-hybridized carbons (Fsp3) is 0.312. The molecule has 4 aromatic rings. The fourth-order valence-corrected chi connectivity index (χ4v) is 5.94. The van der Waals surface area contributed by atoms with E-state index in [-0.39, 0.29) is 23.5 Å². The number of alkyl carbamates (subject to hydrolysis) is 1. The number of aromatic nitrogens is 3. The van der Waals surface area contributed by atoms with E-state index >= 15 is 0 Å². The lowest BCUT2D eigenvalue weighted by Crippen LogP contribution is -2.47. The van der Waals surface area contributed by atoms with Gasteiger partial charge >= 0.3 is 24.3 Å². The van der Waals surface area contributed by atoms with E-state index < -0.39 is 77.2 Å². The average molecular weight is 672 g/mol. The lowest BCUT2D eigenvalue weighted by Gasteiger charge is -2.26. The number of benzene rings is 2. The molecule has 3 unspecified atom stereocenters. The Kier molecular flexibility index (Phi) is 9.36. The number of likely N-dealkylation sites (tertiary alicyclic amines) is 1. The number of imide groups is 1. The molecule has 252 valence electrons. The topological polar surface area (TPSA) is 163 Å². The molecule has 3 heterocycles. The van der Waals surface area contributed by atoms with Crippen molar-refractivity contribution in [3.05, 3.63) is 101 Å². The highest BCUT2D eigenvalue weighted by Crippen LogP contribution is 2.45. The maximum Gasteiger partial charge on any atom is 0.414 e. The summed E-state index contributed by atoms with van der Waals surface area (Å²) >= 11 is 0. The Hall–Kier alpha value is -5.54. The van der Waals surface area contributed by atoms with E-state index in [1.54, 1.807) is 36.4 Å². The monoisotopic (exact) mass is 671 g/mol. The molecule has 3 amide bonds. The summed E-state index contributed by atoms with van der Waals surface area (Å²) in [6, 6.07) is 12.2. The predicted octanol–water partition coefficient (Wildman–Crippen LogP) is 5.48. The Balaban J connectivity index is 1.48. The van der Waals surface area contributed by atoms with Gasteiger partial charge in [0.25, 0.3) is 0 Å². The SMILES string of the molecule is CCC(c1ccc(F)cc1)C(NC(=O)OCc1ccccc1)c1cn2ncc(CC3(C(=O)O)C[C@@H](C(F)(F)F)N(C(=O)O)C3=O)cc2n1. The summed E-state index contributed by atoms with van der Waals surface area (Å²) in [5.74, 6) is -4.54. The van der Waals surface area contributed by atoms with E-state index in [2.05, 4.69) is 15.4 Å². The van der Waals surface area contributed by atoms with Crippen LogP contribution in [0, 0.1) is 11.2 Å². The van der Waals surface area contributed by atoms with Crippen LogP contribution in [0.2, 0.25) is 0 Å². The lowest BCUT2D eigenvalue weighted by molar-refractivity contribution is -0.175. The zero-order valence-corrected chi connectivity index (χ0v) is 25.2. The van der Waals surface area contributed by atoms with Crippen molar-refractivity contribution in [3.63, 3.8) is 0 Å². The van der Waals surface area contributed by atoms with Gasteiger partial charge in [-0.3, -0.25) is 9.59 Å². The van der Waals surface area contributed by atoms with Gasteiger partial charge in [0.05, 0.1) is 24.1 Å². The van der Waals surface area contributed by atoms with Crippen LogP contribution in [0.15, 0.2) is 73.1 Å². The molecule has 16 heteroatoms. The molecule has 0 bridgehead atoms. The second-order valence-corrected chi connectivity index (χ2v) is 11.4. The molecule has 0 radical (unpaired) electrons. The molecule has 2 aromatic heterocycles.